The van der Waals surface area contributed by atoms with E-state index in [9.17, 15) is 22.8 Å². The standard InChI is InChI=1S/C25H26F3N7O3/c26-25(27,28)21-20(15-31-32-22(21)36)35-9-2-5-18(35)16-38-19-6-1-4-17(14-19)23(37)33-10-12-34(13-11-33)24-29-7-3-8-30-24/h1,3-4,6-8,14-15,18H,2,5,9-13,16H2,(H,32,36)/t18-/m0/s1. The van der Waals surface area contributed by atoms with Gasteiger partial charge < -0.3 is 19.4 Å². The summed E-state index contributed by atoms with van der Waals surface area (Å²) in [6.07, 6.45) is 0.831. The lowest BCUT2D eigenvalue weighted by atomic mass is 10.1. The summed E-state index contributed by atoms with van der Waals surface area (Å²) in [6, 6.07) is 8.14. The molecular formula is C25H26F3N7O3. The van der Waals surface area contributed by atoms with Gasteiger partial charge in [-0.3, -0.25) is 9.59 Å². The Morgan fingerprint density at radius 3 is 2.58 bits per heavy atom. The van der Waals surface area contributed by atoms with Gasteiger partial charge in [0.2, 0.25) is 5.95 Å². The summed E-state index contributed by atoms with van der Waals surface area (Å²) in [6.45, 7) is 2.70. The molecule has 200 valence electrons. The molecule has 0 bridgehead atoms. The average molecular weight is 530 g/mol. The second-order valence-corrected chi connectivity index (χ2v) is 9.11. The molecule has 38 heavy (non-hydrogen) atoms. The number of carbonyl (C=O) groups excluding carboxylic acids is 1. The van der Waals surface area contributed by atoms with Crippen LogP contribution in [0.2, 0.25) is 0 Å². The summed E-state index contributed by atoms with van der Waals surface area (Å²) in [4.78, 5) is 38.9. The summed E-state index contributed by atoms with van der Waals surface area (Å²) in [5.41, 5.74) is -2.32. The smallest absolute Gasteiger partial charge is 0.423 e. The van der Waals surface area contributed by atoms with Gasteiger partial charge in [-0.1, -0.05) is 6.07 Å². The molecule has 3 aromatic rings. The Balaban J connectivity index is 1.22. The number of carbonyl (C=O) groups is 1. The SMILES string of the molecule is O=C(c1cccc(OC[C@@H]2CCCN2c2cn[nH]c(=O)c2C(F)(F)F)c1)N1CCN(c2ncccn2)CC1. The summed E-state index contributed by atoms with van der Waals surface area (Å²) in [5, 5.41) is 5.45. The van der Waals surface area contributed by atoms with Crippen molar-refractivity contribution >= 4 is 17.5 Å². The van der Waals surface area contributed by atoms with Crippen molar-refractivity contribution in [3.8, 4) is 5.75 Å². The number of ether oxygens (including phenoxy) is 1. The lowest BCUT2D eigenvalue weighted by Gasteiger charge is -2.34. The molecule has 4 heterocycles. The highest BCUT2D eigenvalue weighted by Crippen LogP contribution is 2.36. The van der Waals surface area contributed by atoms with Crippen LogP contribution in [0, 0.1) is 0 Å². The first kappa shape index (κ1) is 25.5. The highest BCUT2D eigenvalue weighted by atomic mass is 19.4. The van der Waals surface area contributed by atoms with Gasteiger partial charge in [-0.25, -0.2) is 15.1 Å². The third-order valence-corrected chi connectivity index (χ3v) is 6.73. The quantitative estimate of drug-likeness (QED) is 0.519. The topological polar surface area (TPSA) is 108 Å². The Morgan fingerprint density at radius 2 is 1.84 bits per heavy atom. The molecule has 2 aliphatic heterocycles. The number of nitrogens with zero attached hydrogens (tertiary/aromatic N) is 6. The summed E-state index contributed by atoms with van der Waals surface area (Å²) >= 11 is 0. The Bertz CT molecular complexity index is 1330. The molecule has 0 spiro atoms. The number of alkyl halides is 3. The number of piperazine rings is 1. The zero-order valence-electron chi connectivity index (χ0n) is 20.4. The number of hydrogen-bond acceptors (Lipinski definition) is 8. The fourth-order valence-electron chi connectivity index (χ4n) is 4.86. The van der Waals surface area contributed by atoms with E-state index < -0.39 is 17.3 Å². The molecule has 2 fully saturated rings. The maximum Gasteiger partial charge on any atom is 0.423 e. The normalized spacial score (nSPS) is 18.1. The first-order valence-corrected chi connectivity index (χ1v) is 12.3. The molecule has 0 saturated carbocycles. The second kappa shape index (κ2) is 10.7. The summed E-state index contributed by atoms with van der Waals surface area (Å²) < 4.78 is 46.6. The van der Waals surface area contributed by atoms with Crippen molar-refractivity contribution in [1.29, 1.82) is 0 Å². The minimum atomic E-state index is -4.81. The van der Waals surface area contributed by atoms with Gasteiger partial charge in [0.25, 0.3) is 11.5 Å². The molecule has 1 atom stereocenters. The van der Waals surface area contributed by atoms with Crippen molar-refractivity contribution < 1.29 is 22.7 Å². The number of aromatic nitrogens is 4. The van der Waals surface area contributed by atoms with E-state index in [0.717, 1.165) is 6.20 Å². The molecule has 5 rings (SSSR count). The highest BCUT2D eigenvalue weighted by molar-refractivity contribution is 5.94. The molecule has 1 N–H and O–H groups in total. The van der Waals surface area contributed by atoms with E-state index in [1.165, 1.54) is 4.90 Å². The molecule has 1 aromatic carbocycles. The zero-order valence-corrected chi connectivity index (χ0v) is 20.4. The van der Waals surface area contributed by atoms with Crippen LogP contribution < -0.4 is 20.1 Å². The molecule has 0 radical (unpaired) electrons. The van der Waals surface area contributed by atoms with Crippen LogP contribution in [0.25, 0.3) is 0 Å². The van der Waals surface area contributed by atoms with Crippen molar-refractivity contribution in [2.75, 3.05) is 49.1 Å². The number of amides is 1. The largest absolute Gasteiger partial charge is 0.491 e. The van der Waals surface area contributed by atoms with E-state index in [4.69, 9.17) is 4.74 Å². The molecule has 2 aliphatic rings. The van der Waals surface area contributed by atoms with Crippen LogP contribution in [-0.2, 0) is 6.18 Å². The summed E-state index contributed by atoms with van der Waals surface area (Å²) in [5.74, 6) is 0.948. The van der Waals surface area contributed by atoms with Gasteiger partial charge in [0, 0.05) is 50.7 Å². The van der Waals surface area contributed by atoms with Crippen LogP contribution in [0.1, 0.15) is 28.8 Å². The average Bonchev–Trinajstić information content (AvgIpc) is 3.40. The van der Waals surface area contributed by atoms with Gasteiger partial charge in [-0.15, -0.1) is 0 Å². The molecule has 0 unspecified atom stereocenters. The second-order valence-electron chi connectivity index (χ2n) is 9.11. The van der Waals surface area contributed by atoms with E-state index in [1.54, 1.807) is 47.6 Å². The third kappa shape index (κ3) is 5.41. The Hall–Kier alpha value is -4.16. The van der Waals surface area contributed by atoms with Crippen LogP contribution in [0.3, 0.4) is 0 Å². The van der Waals surface area contributed by atoms with Crippen molar-refractivity contribution in [2.45, 2.75) is 25.1 Å². The number of hydrogen-bond donors (Lipinski definition) is 1. The lowest BCUT2D eigenvalue weighted by molar-refractivity contribution is -0.138. The van der Waals surface area contributed by atoms with Gasteiger partial charge in [-0.2, -0.15) is 18.3 Å². The number of nitrogens with one attached hydrogen (secondary N) is 1. The monoisotopic (exact) mass is 529 g/mol. The molecule has 2 saturated heterocycles. The first-order valence-electron chi connectivity index (χ1n) is 12.3. The van der Waals surface area contributed by atoms with Crippen LogP contribution in [0.4, 0.5) is 24.8 Å². The zero-order chi connectivity index (χ0) is 26.7. The molecular weight excluding hydrogens is 503 g/mol. The van der Waals surface area contributed by atoms with Crippen molar-refractivity contribution in [3.05, 3.63) is 70.4 Å². The minimum absolute atomic E-state index is 0.0947. The fourth-order valence-corrected chi connectivity index (χ4v) is 4.86. The molecule has 2 aromatic heterocycles. The maximum absolute atomic E-state index is 13.6. The van der Waals surface area contributed by atoms with Crippen molar-refractivity contribution in [3.63, 3.8) is 0 Å². The van der Waals surface area contributed by atoms with Gasteiger partial charge >= 0.3 is 6.18 Å². The first-order chi connectivity index (χ1) is 18.3. The Labute approximate surface area is 216 Å². The number of aromatic amines is 1. The highest BCUT2D eigenvalue weighted by Gasteiger charge is 2.40. The van der Waals surface area contributed by atoms with Gasteiger partial charge in [0.1, 0.15) is 17.9 Å². The van der Waals surface area contributed by atoms with Crippen LogP contribution in [0.15, 0.2) is 53.7 Å². The minimum Gasteiger partial charge on any atom is -0.491 e. The van der Waals surface area contributed by atoms with Crippen molar-refractivity contribution in [1.82, 2.24) is 25.1 Å². The van der Waals surface area contributed by atoms with E-state index in [-0.39, 0.29) is 24.2 Å². The number of H-pyrrole nitrogens is 1. The number of benzene rings is 1. The maximum atomic E-state index is 13.6. The van der Waals surface area contributed by atoms with Gasteiger partial charge in [-0.05, 0) is 37.1 Å². The molecule has 0 aliphatic carbocycles. The lowest BCUT2D eigenvalue weighted by Crippen LogP contribution is -2.49. The van der Waals surface area contributed by atoms with Crippen molar-refractivity contribution in [2.24, 2.45) is 0 Å². The molecule has 1 amide bonds. The van der Waals surface area contributed by atoms with Crippen LogP contribution in [-0.4, -0.2) is 76.3 Å². The Morgan fingerprint density at radius 1 is 1.08 bits per heavy atom. The van der Waals surface area contributed by atoms with E-state index in [2.05, 4.69) is 15.1 Å². The van der Waals surface area contributed by atoms with E-state index >= 15 is 0 Å². The molecule has 13 heteroatoms. The number of halogens is 3. The predicted molar refractivity (Wildman–Crippen MR) is 132 cm³/mol. The van der Waals surface area contributed by atoms with E-state index in [0.29, 0.717) is 62.8 Å². The summed E-state index contributed by atoms with van der Waals surface area (Å²) in [7, 11) is 0. The van der Waals surface area contributed by atoms with Gasteiger partial charge in [0.05, 0.1) is 17.9 Å². The van der Waals surface area contributed by atoms with E-state index in [1.807, 2.05) is 10.00 Å². The number of anilines is 2. The number of rotatable bonds is 6. The molecule has 10 nitrogen and oxygen atoms in total. The van der Waals surface area contributed by atoms with Gasteiger partial charge in [0.15, 0.2) is 0 Å². The fraction of sp³-hybridized carbons (Fsp3) is 0.400. The van der Waals surface area contributed by atoms with Crippen LogP contribution >= 0.6 is 0 Å². The Kier molecular flexibility index (Phi) is 7.16. The van der Waals surface area contributed by atoms with Crippen LogP contribution in [0.5, 0.6) is 5.75 Å². The predicted octanol–water partition coefficient (Wildman–Crippen LogP) is 2.59. The third-order valence-electron chi connectivity index (χ3n) is 6.73.